The first-order valence-corrected chi connectivity index (χ1v) is 9.37. The second-order valence-electron chi connectivity index (χ2n) is 7.47. The van der Waals surface area contributed by atoms with Gasteiger partial charge in [-0.1, -0.05) is 0 Å². The number of aromatic carboxylic acids is 1. The number of nitrogens with one attached hydrogen (secondary N) is 1. The van der Waals surface area contributed by atoms with Crippen LogP contribution in [-0.4, -0.2) is 47.3 Å². The van der Waals surface area contributed by atoms with Gasteiger partial charge in [-0.15, -0.1) is 0 Å². The molecule has 2 aromatic heterocycles. The van der Waals surface area contributed by atoms with Crippen LogP contribution in [0.25, 0.3) is 11.0 Å². The molecule has 0 amide bonds. The molecule has 2 fully saturated rings. The lowest BCUT2D eigenvalue weighted by molar-refractivity contribution is 0.0695. The van der Waals surface area contributed by atoms with Crippen LogP contribution in [0.15, 0.2) is 17.1 Å². The van der Waals surface area contributed by atoms with Crippen molar-refractivity contribution >= 4 is 22.8 Å². The zero-order chi connectivity index (χ0) is 19.1. The summed E-state index contributed by atoms with van der Waals surface area (Å²) in [6, 6.07) is 1.28. The quantitative estimate of drug-likeness (QED) is 0.804. The average molecular weight is 374 g/mol. The largest absolute Gasteiger partial charge is 0.477 e. The molecule has 0 spiro atoms. The van der Waals surface area contributed by atoms with Crippen molar-refractivity contribution in [2.75, 3.05) is 31.6 Å². The fourth-order valence-corrected chi connectivity index (χ4v) is 3.85. The van der Waals surface area contributed by atoms with Crippen LogP contribution in [0, 0.1) is 11.7 Å². The molecule has 2 aromatic rings. The lowest BCUT2D eigenvalue weighted by Gasteiger charge is -2.20. The summed E-state index contributed by atoms with van der Waals surface area (Å²) in [6.07, 6.45) is 5.17. The molecular weight excluding hydrogens is 351 g/mol. The van der Waals surface area contributed by atoms with E-state index in [0.717, 1.165) is 51.4 Å². The van der Waals surface area contributed by atoms with Crippen molar-refractivity contribution in [1.29, 1.82) is 0 Å². The molecule has 1 unspecified atom stereocenters. The number of fused-ring (bicyclic) bond motifs is 1. The number of hydrogen-bond donors (Lipinski definition) is 2. The van der Waals surface area contributed by atoms with Crippen molar-refractivity contribution < 1.29 is 14.3 Å². The van der Waals surface area contributed by atoms with E-state index in [0.29, 0.717) is 11.6 Å². The van der Waals surface area contributed by atoms with E-state index < -0.39 is 17.2 Å². The normalized spacial score (nSPS) is 19.8. The van der Waals surface area contributed by atoms with Crippen LogP contribution in [0.5, 0.6) is 0 Å². The minimum Gasteiger partial charge on any atom is -0.477 e. The Morgan fingerprint density at radius 2 is 2.19 bits per heavy atom. The van der Waals surface area contributed by atoms with Gasteiger partial charge < -0.3 is 19.9 Å². The van der Waals surface area contributed by atoms with Gasteiger partial charge in [0.1, 0.15) is 11.2 Å². The molecule has 0 bridgehead atoms. The molecule has 4 rings (SSSR count). The fourth-order valence-electron chi connectivity index (χ4n) is 3.85. The number of rotatable bonds is 6. The molecule has 144 valence electrons. The SMILES string of the molecule is CNCCC1CCN(c2nc3c(cc2F)c(=O)c(C(=O)O)cn3C2CC2)C1. The predicted molar refractivity (Wildman–Crippen MR) is 100 cm³/mol. The molecule has 1 aliphatic heterocycles. The van der Waals surface area contributed by atoms with E-state index >= 15 is 0 Å². The molecule has 3 heterocycles. The molecule has 7 nitrogen and oxygen atoms in total. The predicted octanol–water partition coefficient (Wildman–Crippen LogP) is 2.00. The number of carboxylic acid groups (broad SMARTS) is 1. The third-order valence-electron chi connectivity index (χ3n) is 5.50. The van der Waals surface area contributed by atoms with Gasteiger partial charge in [-0.3, -0.25) is 4.79 Å². The standard InChI is InChI=1S/C19H23FN4O3/c1-21-6-4-11-5-7-23(9-11)18-15(20)8-13-16(25)14(19(26)27)10-24(12-2-3-12)17(13)22-18/h8,10-12,21H,2-7,9H2,1H3,(H,26,27). The lowest BCUT2D eigenvalue weighted by Crippen LogP contribution is -2.25. The van der Waals surface area contributed by atoms with Crippen molar-refractivity contribution in [3.8, 4) is 0 Å². The summed E-state index contributed by atoms with van der Waals surface area (Å²) in [5.74, 6) is -1.13. The molecule has 8 heteroatoms. The van der Waals surface area contributed by atoms with E-state index in [1.165, 1.54) is 6.20 Å². The Morgan fingerprint density at radius 1 is 1.41 bits per heavy atom. The summed E-state index contributed by atoms with van der Waals surface area (Å²) < 4.78 is 16.5. The van der Waals surface area contributed by atoms with Gasteiger partial charge in [0.25, 0.3) is 0 Å². The van der Waals surface area contributed by atoms with Crippen LogP contribution in [0.1, 0.15) is 42.1 Å². The second kappa shape index (κ2) is 6.92. The highest BCUT2D eigenvalue weighted by Crippen LogP contribution is 2.37. The highest BCUT2D eigenvalue weighted by Gasteiger charge is 2.30. The van der Waals surface area contributed by atoms with Crippen LogP contribution in [0.2, 0.25) is 0 Å². The van der Waals surface area contributed by atoms with Gasteiger partial charge in [0, 0.05) is 25.3 Å². The van der Waals surface area contributed by atoms with Crippen molar-refractivity contribution in [1.82, 2.24) is 14.9 Å². The van der Waals surface area contributed by atoms with Crippen molar-refractivity contribution in [3.63, 3.8) is 0 Å². The molecule has 1 atom stereocenters. The van der Waals surface area contributed by atoms with Crippen LogP contribution >= 0.6 is 0 Å². The van der Waals surface area contributed by atoms with E-state index in [1.54, 1.807) is 4.57 Å². The number of pyridine rings is 2. The monoisotopic (exact) mass is 374 g/mol. The van der Waals surface area contributed by atoms with E-state index in [-0.39, 0.29) is 22.8 Å². The van der Waals surface area contributed by atoms with Crippen LogP contribution in [-0.2, 0) is 0 Å². The lowest BCUT2D eigenvalue weighted by atomic mass is 10.1. The highest BCUT2D eigenvalue weighted by molar-refractivity contribution is 5.92. The summed E-state index contributed by atoms with van der Waals surface area (Å²) >= 11 is 0. The third-order valence-corrected chi connectivity index (χ3v) is 5.50. The van der Waals surface area contributed by atoms with Crippen molar-refractivity contribution in [2.45, 2.75) is 31.7 Å². The number of aromatic nitrogens is 2. The van der Waals surface area contributed by atoms with Crippen LogP contribution in [0.3, 0.4) is 0 Å². The first kappa shape index (κ1) is 17.9. The van der Waals surface area contributed by atoms with E-state index in [2.05, 4.69) is 10.3 Å². The van der Waals surface area contributed by atoms with Gasteiger partial charge in [-0.25, -0.2) is 14.2 Å². The van der Waals surface area contributed by atoms with Gasteiger partial charge in [0.2, 0.25) is 5.43 Å². The zero-order valence-electron chi connectivity index (χ0n) is 15.2. The Balaban J connectivity index is 1.77. The summed E-state index contributed by atoms with van der Waals surface area (Å²) in [4.78, 5) is 30.3. The van der Waals surface area contributed by atoms with Gasteiger partial charge in [-0.05, 0) is 51.3 Å². The van der Waals surface area contributed by atoms with Crippen LogP contribution in [0.4, 0.5) is 10.2 Å². The first-order valence-electron chi connectivity index (χ1n) is 9.37. The van der Waals surface area contributed by atoms with E-state index in [4.69, 9.17) is 0 Å². The molecule has 0 aromatic carbocycles. The minimum absolute atomic E-state index is 0.0361. The zero-order valence-corrected chi connectivity index (χ0v) is 15.2. The number of anilines is 1. The summed E-state index contributed by atoms with van der Waals surface area (Å²) in [5.41, 5.74) is -0.639. The number of carboxylic acids is 1. The molecule has 1 saturated heterocycles. The minimum atomic E-state index is -1.30. The maximum atomic E-state index is 14.8. The fraction of sp³-hybridized carbons (Fsp3) is 0.526. The maximum Gasteiger partial charge on any atom is 0.341 e. The first-order chi connectivity index (χ1) is 13.0. The number of carbonyl (C=O) groups is 1. The summed E-state index contributed by atoms with van der Waals surface area (Å²) in [7, 11) is 1.92. The summed E-state index contributed by atoms with van der Waals surface area (Å²) in [5, 5.41) is 12.5. The maximum absolute atomic E-state index is 14.8. The topological polar surface area (TPSA) is 87.5 Å². The smallest absolute Gasteiger partial charge is 0.341 e. The Hall–Kier alpha value is -2.48. The molecule has 27 heavy (non-hydrogen) atoms. The molecule has 2 N–H and O–H groups in total. The van der Waals surface area contributed by atoms with Gasteiger partial charge in [0.05, 0.1) is 5.39 Å². The highest BCUT2D eigenvalue weighted by atomic mass is 19.1. The third kappa shape index (κ3) is 3.29. The van der Waals surface area contributed by atoms with Gasteiger partial charge >= 0.3 is 5.97 Å². The Kier molecular flexibility index (Phi) is 4.59. The van der Waals surface area contributed by atoms with Crippen molar-refractivity contribution in [2.24, 2.45) is 5.92 Å². The van der Waals surface area contributed by atoms with Gasteiger partial charge in [0.15, 0.2) is 11.6 Å². The average Bonchev–Trinajstić information content (AvgIpc) is 3.38. The Bertz CT molecular complexity index is 954. The van der Waals surface area contributed by atoms with E-state index in [9.17, 15) is 19.1 Å². The van der Waals surface area contributed by atoms with E-state index in [1.807, 2.05) is 11.9 Å². The molecule has 1 saturated carbocycles. The number of halogens is 1. The van der Waals surface area contributed by atoms with Crippen molar-refractivity contribution in [3.05, 3.63) is 33.9 Å². The summed E-state index contributed by atoms with van der Waals surface area (Å²) in [6.45, 7) is 2.38. The molecule has 2 aliphatic rings. The molecular formula is C19H23FN4O3. The number of nitrogens with zero attached hydrogens (tertiary/aromatic N) is 3. The molecule has 0 radical (unpaired) electrons. The van der Waals surface area contributed by atoms with Gasteiger partial charge in [-0.2, -0.15) is 0 Å². The Labute approximate surface area is 155 Å². The Morgan fingerprint density at radius 3 is 2.85 bits per heavy atom. The molecule has 1 aliphatic carbocycles. The number of hydrogen-bond acceptors (Lipinski definition) is 5. The van der Waals surface area contributed by atoms with Crippen LogP contribution < -0.4 is 15.6 Å². The second-order valence-corrected chi connectivity index (χ2v) is 7.47.